The van der Waals surface area contributed by atoms with Crippen LogP contribution in [0.25, 0.3) is 0 Å². The number of ether oxygens (including phenoxy) is 1. The number of hydrogen-bond acceptors (Lipinski definition) is 7. The number of aromatic nitrogens is 2. The van der Waals surface area contributed by atoms with Gasteiger partial charge < -0.3 is 9.64 Å². The molecule has 0 aliphatic carbocycles. The largest absolute Gasteiger partial charge is 0.383 e. The van der Waals surface area contributed by atoms with Gasteiger partial charge in [0.1, 0.15) is 5.69 Å². The van der Waals surface area contributed by atoms with Crippen molar-refractivity contribution < 1.29 is 9.66 Å². The zero-order valence-electron chi connectivity index (χ0n) is 11.2. The predicted octanol–water partition coefficient (Wildman–Crippen LogP) is 1.71. The standard InChI is InChI=1S/C11H14ClN5O3/c1-8-9(17(18)19)10(15-11(12)14-8)16(5-3-4-13)6-7-20-2/h3,5-7H2,1-2H3. The normalized spacial score (nSPS) is 10.1. The zero-order valence-corrected chi connectivity index (χ0v) is 11.9. The van der Waals surface area contributed by atoms with Crippen LogP contribution in [0.1, 0.15) is 12.1 Å². The summed E-state index contributed by atoms with van der Waals surface area (Å²) in [4.78, 5) is 19.9. The third-order valence-corrected chi connectivity index (χ3v) is 2.72. The molecule has 0 atom stereocenters. The van der Waals surface area contributed by atoms with Crippen molar-refractivity contribution >= 4 is 23.1 Å². The Hall–Kier alpha value is -1.98. The van der Waals surface area contributed by atoms with Gasteiger partial charge in [0.2, 0.25) is 11.1 Å². The number of nitro groups is 1. The smallest absolute Gasteiger partial charge is 0.332 e. The van der Waals surface area contributed by atoms with Crippen molar-refractivity contribution in [3.05, 3.63) is 21.1 Å². The molecule has 20 heavy (non-hydrogen) atoms. The summed E-state index contributed by atoms with van der Waals surface area (Å²) in [6, 6.07) is 1.99. The van der Waals surface area contributed by atoms with Crippen molar-refractivity contribution in [3.8, 4) is 6.07 Å². The first-order valence-electron chi connectivity index (χ1n) is 5.80. The molecule has 1 heterocycles. The molecule has 0 N–H and O–H groups in total. The predicted molar refractivity (Wildman–Crippen MR) is 72.8 cm³/mol. The minimum atomic E-state index is -0.548. The summed E-state index contributed by atoms with van der Waals surface area (Å²) in [6.07, 6.45) is 0.210. The lowest BCUT2D eigenvalue weighted by Crippen LogP contribution is -2.30. The van der Waals surface area contributed by atoms with Gasteiger partial charge in [0, 0.05) is 20.2 Å². The number of nitriles is 1. The van der Waals surface area contributed by atoms with Crippen molar-refractivity contribution in [2.24, 2.45) is 0 Å². The molecule has 9 heteroatoms. The van der Waals surface area contributed by atoms with Crippen LogP contribution in [0.3, 0.4) is 0 Å². The Morgan fingerprint density at radius 1 is 1.50 bits per heavy atom. The summed E-state index contributed by atoms with van der Waals surface area (Å²) in [5.41, 5.74) is -0.0205. The highest BCUT2D eigenvalue weighted by molar-refractivity contribution is 6.28. The topological polar surface area (TPSA) is 105 Å². The molecule has 1 aromatic rings. The van der Waals surface area contributed by atoms with Gasteiger partial charge >= 0.3 is 5.69 Å². The molecule has 0 bridgehead atoms. The molecule has 0 spiro atoms. The first-order valence-corrected chi connectivity index (χ1v) is 6.18. The molecular weight excluding hydrogens is 286 g/mol. The van der Waals surface area contributed by atoms with Crippen LogP contribution in [0.15, 0.2) is 0 Å². The van der Waals surface area contributed by atoms with E-state index >= 15 is 0 Å². The molecule has 0 saturated carbocycles. The van der Waals surface area contributed by atoms with Gasteiger partial charge in [-0.1, -0.05) is 0 Å². The Labute approximate surface area is 121 Å². The Morgan fingerprint density at radius 3 is 2.75 bits per heavy atom. The summed E-state index contributed by atoms with van der Waals surface area (Å²) in [5, 5.41) is 19.8. The van der Waals surface area contributed by atoms with E-state index in [1.54, 1.807) is 4.90 Å². The molecule has 0 aliphatic heterocycles. The average molecular weight is 300 g/mol. The van der Waals surface area contributed by atoms with Crippen LogP contribution >= 0.6 is 11.6 Å². The highest BCUT2D eigenvalue weighted by Crippen LogP contribution is 2.29. The molecule has 0 saturated heterocycles. The van der Waals surface area contributed by atoms with Crippen molar-refractivity contribution in [1.29, 1.82) is 5.26 Å². The van der Waals surface area contributed by atoms with Crippen LogP contribution in [0.4, 0.5) is 11.5 Å². The van der Waals surface area contributed by atoms with Crippen LogP contribution in [-0.4, -0.2) is 41.7 Å². The fraction of sp³-hybridized carbons (Fsp3) is 0.545. The number of methoxy groups -OCH3 is 1. The first-order chi connectivity index (χ1) is 9.51. The molecular formula is C11H14ClN5O3. The number of halogens is 1. The molecule has 0 aromatic carbocycles. The second-order valence-electron chi connectivity index (χ2n) is 3.90. The Kier molecular flexibility index (Phi) is 6.09. The van der Waals surface area contributed by atoms with E-state index < -0.39 is 4.92 Å². The van der Waals surface area contributed by atoms with Gasteiger partial charge in [0.15, 0.2) is 0 Å². The quantitative estimate of drug-likeness (QED) is 0.428. The zero-order chi connectivity index (χ0) is 15.1. The van der Waals surface area contributed by atoms with E-state index in [2.05, 4.69) is 9.97 Å². The third kappa shape index (κ3) is 4.01. The van der Waals surface area contributed by atoms with E-state index in [1.165, 1.54) is 14.0 Å². The number of rotatable bonds is 7. The number of anilines is 1. The molecule has 1 aromatic heterocycles. The summed E-state index contributed by atoms with van der Waals surface area (Å²) >= 11 is 5.77. The van der Waals surface area contributed by atoms with Gasteiger partial charge in [-0.05, 0) is 18.5 Å². The molecule has 0 fully saturated rings. The first kappa shape index (κ1) is 16.1. The van der Waals surface area contributed by atoms with E-state index in [-0.39, 0.29) is 28.9 Å². The fourth-order valence-electron chi connectivity index (χ4n) is 1.66. The Bertz CT molecular complexity index is 532. The molecule has 0 unspecified atom stereocenters. The number of aryl methyl sites for hydroxylation is 1. The van der Waals surface area contributed by atoms with Crippen LogP contribution in [0.2, 0.25) is 5.28 Å². The van der Waals surface area contributed by atoms with E-state index in [0.717, 1.165) is 0 Å². The van der Waals surface area contributed by atoms with Crippen LogP contribution in [0, 0.1) is 28.4 Å². The van der Waals surface area contributed by atoms with Gasteiger partial charge in [-0.25, -0.2) is 4.98 Å². The van der Waals surface area contributed by atoms with Gasteiger partial charge in [0.25, 0.3) is 0 Å². The Balaban J connectivity index is 3.22. The molecule has 0 radical (unpaired) electrons. The summed E-state index contributed by atoms with van der Waals surface area (Å²) in [7, 11) is 1.52. The monoisotopic (exact) mass is 299 g/mol. The van der Waals surface area contributed by atoms with E-state index in [0.29, 0.717) is 19.7 Å². The maximum atomic E-state index is 11.2. The van der Waals surface area contributed by atoms with Crippen LogP contribution < -0.4 is 4.90 Å². The molecule has 0 aliphatic rings. The van der Waals surface area contributed by atoms with Gasteiger partial charge in [-0.2, -0.15) is 10.2 Å². The Morgan fingerprint density at radius 2 is 2.20 bits per heavy atom. The summed E-state index contributed by atoms with van der Waals surface area (Å²) < 4.78 is 4.96. The lowest BCUT2D eigenvalue weighted by molar-refractivity contribution is -0.385. The molecule has 8 nitrogen and oxygen atoms in total. The van der Waals surface area contributed by atoms with Crippen molar-refractivity contribution in [2.45, 2.75) is 13.3 Å². The maximum Gasteiger partial charge on any atom is 0.332 e. The summed E-state index contributed by atoms with van der Waals surface area (Å²) in [5.74, 6) is 0.111. The molecule has 0 amide bonds. The van der Waals surface area contributed by atoms with Crippen LogP contribution in [-0.2, 0) is 4.74 Å². The van der Waals surface area contributed by atoms with Crippen molar-refractivity contribution in [3.63, 3.8) is 0 Å². The SMILES string of the molecule is COCCN(CCC#N)c1nc(Cl)nc(C)c1[N+](=O)[O-]. The molecule has 1 rings (SSSR count). The third-order valence-electron chi connectivity index (χ3n) is 2.55. The number of hydrogen-bond donors (Lipinski definition) is 0. The van der Waals surface area contributed by atoms with E-state index in [4.69, 9.17) is 21.6 Å². The second-order valence-corrected chi connectivity index (χ2v) is 4.23. The van der Waals surface area contributed by atoms with Gasteiger partial charge in [0.05, 0.1) is 24.0 Å². The van der Waals surface area contributed by atoms with Crippen molar-refractivity contribution in [1.82, 2.24) is 9.97 Å². The maximum absolute atomic E-state index is 11.2. The summed E-state index contributed by atoms with van der Waals surface area (Å²) in [6.45, 7) is 2.51. The molecule has 108 valence electrons. The lowest BCUT2D eigenvalue weighted by Gasteiger charge is -2.22. The van der Waals surface area contributed by atoms with Gasteiger partial charge in [-0.15, -0.1) is 0 Å². The minimum Gasteiger partial charge on any atom is -0.383 e. The van der Waals surface area contributed by atoms with Crippen molar-refractivity contribution in [2.75, 3.05) is 31.7 Å². The van der Waals surface area contributed by atoms with E-state index in [9.17, 15) is 10.1 Å². The highest BCUT2D eigenvalue weighted by Gasteiger charge is 2.25. The highest BCUT2D eigenvalue weighted by atomic mass is 35.5. The number of nitrogens with zero attached hydrogens (tertiary/aromatic N) is 5. The minimum absolute atomic E-state index is 0.0672. The van der Waals surface area contributed by atoms with E-state index in [1.807, 2.05) is 6.07 Å². The van der Waals surface area contributed by atoms with Gasteiger partial charge in [-0.3, -0.25) is 10.1 Å². The fourth-order valence-corrected chi connectivity index (χ4v) is 1.87. The van der Waals surface area contributed by atoms with Crippen LogP contribution in [0.5, 0.6) is 0 Å². The average Bonchev–Trinajstić information content (AvgIpc) is 2.37. The second kappa shape index (κ2) is 7.57. The lowest BCUT2D eigenvalue weighted by atomic mass is 10.3.